The molecule has 0 bridgehead atoms. The summed E-state index contributed by atoms with van der Waals surface area (Å²) in [7, 11) is 0. The summed E-state index contributed by atoms with van der Waals surface area (Å²) in [6, 6.07) is 7.50. The number of pyridine rings is 1. The molecular weight excluding hydrogens is 446 g/mol. The monoisotopic (exact) mass is 472 g/mol. The van der Waals surface area contributed by atoms with Gasteiger partial charge in [0.25, 0.3) is 5.91 Å². The number of thiazole rings is 1. The highest BCUT2D eigenvalue weighted by molar-refractivity contribution is 7.19. The van der Waals surface area contributed by atoms with Gasteiger partial charge in [0.15, 0.2) is 16.8 Å². The molecule has 1 fully saturated rings. The fraction of sp³-hybridized carbons (Fsp3) is 0.375. The molecule has 6 nitrogen and oxygen atoms in total. The number of carbonyl (C=O) groups is 1. The molecule has 3 aromatic rings. The molecule has 1 amide bonds. The van der Waals surface area contributed by atoms with Crippen molar-refractivity contribution in [1.29, 1.82) is 0 Å². The second-order valence-electron chi connectivity index (χ2n) is 8.36. The average molecular weight is 473 g/mol. The van der Waals surface area contributed by atoms with Crippen LogP contribution < -0.4 is 10.2 Å². The van der Waals surface area contributed by atoms with Crippen molar-refractivity contribution in [2.75, 3.05) is 18.0 Å². The van der Waals surface area contributed by atoms with E-state index in [-0.39, 0.29) is 24.3 Å². The Morgan fingerprint density at radius 2 is 1.82 bits per heavy atom. The molecule has 1 aliphatic rings. The molecule has 2 aromatic heterocycles. The number of rotatable bonds is 5. The van der Waals surface area contributed by atoms with E-state index in [1.54, 1.807) is 0 Å². The molecule has 0 radical (unpaired) electrons. The van der Waals surface area contributed by atoms with E-state index >= 15 is 0 Å². The second-order valence-corrected chi connectivity index (χ2v) is 9.33. The summed E-state index contributed by atoms with van der Waals surface area (Å²) in [5.41, 5.74) is 3.05. The first kappa shape index (κ1) is 23.3. The number of amides is 1. The van der Waals surface area contributed by atoms with Crippen LogP contribution >= 0.6 is 11.3 Å². The van der Waals surface area contributed by atoms with Crippen molar-refractivity contribution in [1.82, 2.24) is 15.3 Å². The number of aryl methyl sites for hydroxylation is 2. The maximum absolute atomic E-state index is 14.1. The summed E-state index contributed by atoms with van der Waals surface area (Å²) in [6.07, 6.45) is 0.149. The van der Waals surface area contributed by atoms with Crippen LogP contribution in [0, 0.1) is 25.5 Å². The highest BCUT2D eigenvalue weighted by Gasteiger charge is 2.26. The quantitative estimate of drug-likeness (QED) is 0.586. The topological polar surface area (TPSA) is 67.3 Å². The maximum Gasteiger partial charge on any atom is 0.254 e. The van der Waals surface area contributed by atoms with Crippen LogP contribution in [-0.4, -0.2) is 41.2 Å². The first-order chi connectivity index (χ1) is 15.7. The van der Waals surface area contributed by atoms with Gasteiger partial charge in [-0.1, -0.05) is 17.4 Å². The minimum Gasteiger partial charge on any atom is -0.372 e. The van der Waals surface area contributed by atoms with E-state index in [9.17, 15) is 13.6 Å². The Hall–Kier alpha value is -2.91. The molecule has 0 aliphatic carbocycles. The first-order valence-corrected chi connectivity index (χ1v) is 11.6. The lowest BCUT2D eigenvalue weighted by Gasteiger charge is -2.35. The molecule has 3 heterocycles. The number of nitrogens with one attached hydrogen (secondary N) is 1. The Morgan fingerprint density at radius 1 is 1.15 bits per heavy atom. The highest BCUT2D eigenvalue weighted by Crippen LogP contribution is 2.36. The van der Waals surface area contributed by atoms with Crippen LogP contribution in [0.25, 0.3) is 10.4 Å². The SMILES string of the molecule is Cc1cc(-c2sc(N3C[C@@H](C)O[C@@H](C)C3)nc2CNC(=O)c2cccc(F)c2F)cc(C)n1. The van der Waals surface area contributed by atoms with Crippen molar-refractivity contribution in [3.8, 4) is 10.4 Å². The van der Waals surface area contributed by atoms with Gasteiger partial charge >= 0.3 is 0 Å². The van der Waals surface area contributed by atoms with Crippen molar-refractivity contribution < 1.29 is 18.3 Å². The minimum atomic E-state index is -1.16. The number of hydrogen-bond acceptors (Lipinski definition) is 6. The molecule has 0 spiro atoms. The molecular formula is C24H26F2N4O2S. The van der Waals surface area contributed by atoms with Gasteiger partial charge in [0, 0.05) is 24.5 Å². The molecule has 1 aromatic carbocycles. The Labute approximate surface area is 195 Å². The smallest absolute Gasteiger partial charge is 0.254 e. The zero-order valence-electron chi connectivity index (χ0n) is 19.0. The Kier molecular flexibility index (Phi) is 6.71. The molecule has 33 heavy (non-hydrogen) atoms. The van der Waals surface area contributed by atoms with Crippen LogP contribution in [0.3, 0.4) is 0 Å². The number of hydrogen-bond donors (Lipinski definition) is 1. The van der Waals surface area contributed by atoms with Gasteiger partial charge in [-0.2, -0.15) is 0 Å². The van der Waals surface area contributed by atoms with E-state index in [1.807, 2.05) is 39.8 Å². The van der Waals surface area contributed by atoms with E-state index in [0.717, 1.165) is 33.0 Å². The normalized spacial score (nSPS) is 18.4. The predicted octanol–water partition coefficient (Wildman–Crippen LogP) is 4.64. The molecule has 1 N–H and O–H groups in total. The zero-order chi connectivity index (χ0) is 23.7. The van der Waals surface area contributed by atoms with Crippen molar-refractivity contribution in [3.05, 3.63) is 64.6 Å². The van der Waals surface area contributed by atoms with E-state index in [1.165, 1.54) is 23.5 Å². The van der Waals surface area contributed by atoms with Crippen LogP contribution in [0.5, 0.6) is 0 Å². The van der Waals surface area contributed by atoms with Crippen molar-refractivity contribution >= 4 is 22.4 Å². The third-order valence-electron chi connectivity index (χ3n) is 5.33. The van der Waals surface area contributed by atoms with Gasteiger partial charge in [-0.05, 0) is 57.5 Å². The zero-order valence-corrected chi connectivity index (χ0v) is 19.8. The number of aromatic nitrogens is 2. The van der Waals surface area contributed by atoms with Gasteiger partial charge in [0.1, 0.15) is 0 Å². The molecule has 0 saturated carbocycles. The summed E-state index contributed by atoms with van der Waals surface area (Å²) < 4.78 is 33.4. The number of anilines is 1. The summed E-state index contributed by atoms with van der Waals surface area (Å²) >= 11 is 1.54. The van der Waals surface area contributed by atoms with Gasteiger partial charge in [0.2, 0.25) is 0 Å². The fourth-order valence-electron chi connectivity index (χ4n) is 4.06. The van der Waals surface area contributed by atoms with E-state index in [0.29, 0.717) is 18.8 Å². The largest absolute Gasteiger partial charge is 0.372 e. The summed E-state index contributed by atoms with van der Waals surface area (Å²) in [4.78, 5) is 24.9. The molecule has 1 aliphatic heterocycles. The summed E-state index contributed by atoms with van der Waals surface area (Å²) in [5, 5.41) is 3.53. The van der Waals surface area contributed by atoms with Crippen molar-refractivity contribution in [3.63, 3.8) is 0 Å². The molecule has 9 heteroatoms. The Morgan fingerprint density at radius 3 is 2.48 bits per heavy atom. The summed E-state index contributed by atoms with van der Waals surface area (Å²) in [6.45, 7) is 9.42. The van der Waals surface area contributed by atoms with Crippen LogP contribution in [0.15, 0.2) is 30.3 Å². The fourth-order valence-corrected chi connectivity index (χ4v) is 5.15. The van der Waals surface area contributed by atoms with Gasteiger partial charge in [0.05, 0.1) is 34.9 Å². The molecule has 174 valence electrons. The molecule has 2 atom stereocenters. The van der Waals surface area contributed by atoms with Gasteiger partial charge in [-0.15, -0.1) is 0 Å². The second kappa shape index (κ2) is 9.52. The number of benzene rings is 1. The average Bonchev–Trinajstić information content (AvgIpc) is 3.17. The van der Waals surface area contributed by atoms with Gasteiger partial charge in [-0.3, -0.25) is 9.78 Å². The molecule has 0 unspecified atom stereocenters. The molecule has 4 rings (SSSR count). The van der Waals surface area contributed by atoms with E-state index < -0.39 is 17.5 Å². The standard InChI is InChI=1S/C24H26F2N4O2S/c1-13-8-17(9-14(2)28-13)22-20(10-27-23(31)18-6-5-7-19(25)21(18)26)29-24(33-22)30-11-15(3)32-16(4)12-30/h5-9,15-16H,10-12H2,1-4H3,(H,27,31)/t15-,16+. The Bertz CT molecular complexity index is 1150. The number of morpholine rings is 1. The Balaban J connectivity index is 1.65. The van der Waals surface area contributed by atoms with E-state index in [4.69, 9.17) is 9.72 Å². The highest BCUT2D eigenvalue weighted by atomic mass is 32.1. The number of carbonyl (C=O) groups excluding carboxylic acids is 1. The van der Waals surface area contributed by atoms with Crippen LogP contribution in [0.2, 0.25) is 0 Å². The molecule has 1 saturated heterocycles. The first-order valence-electron chi connectivity index (χ1n) is 10.8. The van der Waals surface area contributed by atoms with Crippen molar-refractivity contribution in [2.24, 2.45) is 0 Å². The summed E-state index contributed by atoms with van der Waals surface area (Å²) in [5.74, 6) is -2.91. The van der Waals surface area contributed by atoms with Gasteiger partial charge in [-0.25, -0.2) is 13.8 Å². The predicted molar refractivity (Wildman–Crippen MR) is 125 cm³/mol. The van der Waals surface area contributed by atoms with Crippen LogP contribution in [0.4, 0.5) is 13.9 Å². The number of halogens is 2. The maximum atomic E-state index is 14.1. The third kappa shape index (κ3) is 5.20. The lowest BCUT2D eigenvalue weighted by atomic mass is 10.1. The lowest BCUT2D eigenvalue weighted by molar-refractivity contribution is -0.00523. The third-order valence-corrected chi connectivity index (χ3v) is 6.54. The number of ether oxygens (including phenoxy) is 1. The lowest BCUT2D eigenvalue weighted by Crippen LogP contribution is -2.45. The minimum absolute atomic E-state index is 0.0746. The van der Waals surface area contributed by atoms with Crippen LogP contribution in [0.1, 0.15) is 41.3 Å². The van der Waals surface area contributed by atoms with E-state index in [2.05, 4.69) is 15.2 Å². The number of nitrogens with zero attached hydrogens (tertiary/aromatic N) is 3. The van der Waals surface area contributed by atoms with Crippen LogP contribution in [-0.2, 0) is 11.3 Å². The van der Waals surface area contributed by atoms with Gasteiger partial charge < -0.3 is 15.0 Å². The van der Waals surface area contributed by atoms with Crippen molar-refractivity contribution in [2.45, 2.75) is 46.4 Å².